The molecule has 0 aromatic rings. The molecule has 0 saturated heterocycles. The molecule has 0 rings (SSSR count). The summed E-state index contributed by atoms with van der Waals surface area (Å²) in [5.74, 6) is 0.521. The maximum absolute atomic E-state index is 11.3. The van der Waals surface area contributed by atoms with E-state index in [1.54, 1.807) is 6.08 Å². The number of amides is 1. The van der Waals surface area contributed by atoms with E-state index in [0.717, 1.165) is 25.8 Å². The predicted octanol–water partition coefficient (Wildman–Crippen LogP) is 3.62. The number of unbranched alkanes of at least 4 members (excludes halogenated alkanes) is 2. The van der Waals surface area contributed by atoms with Crippen molar-refractivity contribution in [2.45, 2.75) is 40.0 Å². The summed E-state index contributed by atoms with van der Waals surface area (Å²) in [6.45, 7) is 6.92. The van der Waals surface area contributed by atoms with Gasteiger partial charge in [0.25, 0.3) is 0 Å². The number of rotatable bonds is 8. The van der Waals surface area contributed by atoms with E-state index < -0.39 is 0 Å². The number of nitrogens with one attached hydrogen (secondary N) is 1. The van der Waals surface area contributed by atoms with E-state index in [9.17, 15) is 4.79 Å². The summed E-state index contributed by atoms with van der Waals surface area (Å²) in [6, 6.07) is 0. The molecule has 2 nitrogen and oxygen atoms in total. The molecule has 0 spiro atoms. The van der Waals surface area contributed by atoms with Gasteiger partial charge >= 0.3 is 0 Å². The molecule has 0 bridgehead atoms. The molecule has 0 aliphatic heterocycles. The van der Waals surface area contributed by atoms with Crippen molar-refractivity contribution in [3.05, 3.63) is 36.5 Å². The molecule has 0 saturated carbocycles. The van der Waals surface area contributed by atoms with Gasteiger partial charge in [0.05, 0.1) is 0 Å². The van der Waals surface area contributed by atoms with Gasteiger partial charge in [-0.25, -0.2) is 0 Å². The van der Waals surface area contributed by atoms with E-state index in [2.05, 4.69) is 31.3 Å². The number of carbonyl (C=O) groups is 1. The average Bonchev–Trinajstić information content (AvgIpc) is 2.30. The van der Waals surface area contributed by atoms with Gasteiger partial charge in [-0.05, 0) is 38.2 Å². The van der Waals surface area contributed by atoms with Crippen LogP contribution in [0.25, 0.3) is 0 Å². The lowest BCUT2D eigenvalue weighted by Gasteiger charge is -2.04. The molecule has 0 radical (unpaired) electrons. The van der Waals surface area contributed by atoms with Crippen LogP contribution in [0.4, 0.5) is 0 Å². The van der Waals surface area contributed by atoms with E-state index in [4.69, 9.17) is 0 Å². The lowest BCUT2D eigenvalue weighted by atomic mass is 10.2. The number of allylic oxidation sites excluding steroid dienone is 5. The first-order valence-electron chi connectivity index (χ1n) is 6.39. The van der Waals surface area contributed by atoms with Crippen LogP contribution in [0, 0.1) is 5.92 Å². The molecule has 0 aliphatic carbocycles. The summed E-state index contributed by atoms with van der Waals surface area (Å²) < 4.78 is 0. The average molecular weight is 235 g/mol. The lowest BCUT2D eigenvalue weighted by molar-refractivity contribution is -0.116. The molecule has 0 aromatic carbocycles. The summed E-state index contributed by atoms with van der Waals surface area (Å²) in [5, 5.41) is 2.85. The van der Waals surface area contributed by atoms with Crippen LogP contribution in [0.1, 0.15) is 40.0 Å². The first-order chi connectivity index (χ1) is 8.16. The Morgan fingerprint density at radius 2 is 1.88 bits per heavy atom. The maximum Gasteiger partial charge on any atom is 0.243 e. The van der Waals surface area contributed by atoms with Gasteiger partial charge in [-0.3, -0.25) is 4.79 Å². The van der Waals surface area contributed by atoms with E-state index in [-0.39, 0.29) is 5.91 Å². The Labute approximate surface area is 105 Å². The summed E-state index contributed by atoms with van der Waals surface area (Å²) in [7, 11) is 0. The van der Waals surface area contributed by atoms with E-state index in [1.165, 1.54) is 0 Å². The lowest BCUT2D eigenvalue weighted by Crippen LogP contribution is -2.25. The fourth-order valence-electron chi connectivity index (χ4n) is 1.19. The molecule has 17 heavy (non-hydrogen) atoms. The SMILES string of the molecule is CC=CC=CCCCC=CC(=O)NCC(C)C. The fourth-order valence-corrected chi connectivity index (χ4v) is 1.19. The smallest absolute Gasteiger partial charge is 0.243 e. The maximum atomic E-state index is 11.3. The van der Waals surface area contributed by atoms with Crippen molar-refractivity contribution in [3.8, 4) is 0 Å². The van der Waals surface area contributed by atoms with Gasteiger partial charge in [-0.1, -0.05) is 44.2 Å². The Morgan fingerprint density at radius 3 is 2.53 bits per heavy atom. The van der Waals surface area contributed by atoms with Crippen molar-refractivity contribution >= 4 is 5.91 Å². The third-order valence-corrected chi connectivity index (χ3v) is 2.13. The van der Waals surface area contributed by atoms with Crippen LogP contribution in [-0.4, -0.2) is 12.5 Å². The Hall–Kier alpha value is -1.31. The molecule has 0 heterocycles. The van der Waals surface area contributed by atoms with Gasteiger partial charge in [-0.2, -0.15) is 0 Å². The second kappa shape index (κ2) is 11.2. The van der Waals surface area contributed by atoms with Gasteiger partial charge in [0.2, 0.25) is 5.91 Å². The van der Waals surface area contributed by atoms with Crippen LogP contribution < -0.4 is 5.32 Å². The van der Waals surface area contributed by atoms with Crippen molar-refractivity contribution in [2.24, 2.45) is 5.92 Å². The summed E-state index contributed by atoms with van der Waals surface area (Å²) in [5.41, 5.74) is 0. The normalized spacial score (nSPS) is 12.2. The summed E-state index contributed by atoms with van der Waals surface area (Å²) >= 11 is 0. The molecular weight excluding hydrogens is 210 g/mol. The van der Waals surface area contributed by atoms with Crippen molar-refractivity contribution in [1.82, 2.24) is 5.32 Å². The zero-order chi connectivity index (χ0) is 12.9. The predicted molar refractivity (Wildman–Crippen MR) is 74.8 cm³/mol. The van der Waals surface area contributed by atoms with Gasteiger partial charge in [0, 0.05) is 6.54 Å². The molecule has 1 N–H and O–H groups in total. The second-order valence-corrected chi connectivity index (χ2v) is 4.43. The van der Waals surface area contributed by atoms with Crippen LogP contribution in [0.5, 0.6) is 0 Å². The van der Waals surface area contributed by atoms with Gasteiger partial charge in [0.15, 0.2) is 0 Å². The minimum Gasteiger partial charge on any atom is -0.352 e. The summed E-state index contributed by atoms with van der Waals surface area (Å²) in [4.78, 5) is 11.3. The standard InChI is InChI=1S/C15H25NO/c1-4-5-6-7-8-9-10-11-12-15(17)16-13-14(2)3/h4-7,11-12,14H,8-10,13H2,1-3H3,(H,16,17). The van der Waals surface area contributed by atoms with Crippen LogP contribution in [-0.2, 0) is 4.79 Å². The molecule has 0 aliphatic rings. The highest BCUT2D eigenvalue weighted by Crippen LogP contribution is 1.98. The largest absolute Gasteiger partial charge is 0.352 e. The van der Waals surface area contributed by atoms with Gasteiger partial charge in [-0.15, -0.1) is 0 Å². The molecule has 1 amide bonds. The highest BCUT2D eigenvalue weighted by Gasteiger charge is 1.96. The molecule has 96 valence electrons. The quantitative estimate of drug-likeness (QED) is 0.388. The van der Waals surface area contributed by atoms with Crippen molar-refractivity contribution in [1.29, 1.82) is 0 Å². The number of hydrogen-bond donors (Lipinski definition) is 1. The first-order valence-corrected chi connectivity index (χ1v) is 6.39. The fraction of sp³-hybridized carbons (Fsp3) is 0.533. The van der Waals surface area contributed by atoms with Crippen LogP contribution >= 0.6 is 0 Å². The zero-order valence-corrected chi connectivity index (χ0v) is 11.3. The Balaban J connectivity index is 3.50. The Bertz CT molecular complexity index is 275. The second-order valence-electron chi connectivity index (χ2n) is 4.43. The van der Waals surface area contributed by atoms with Gasteiger partial charge < -0.3 is 5.32 Å². The Morgan fingerprint density at radius 1 is 1.18 bits per heavy atom. The third kappa shape index (κ3) is 12.6. The molecule has 0 atom stereocenters. The van der Waals surface area contributed by atoms with Crippen LogP contribution in [0.2, 0.25) is 0 Å². The molecule has 2 heteroatoms. The van der Waals surface area contributed by atoms with Gasteiger partial charge in [0.1, 0.15) is 0 Å². The monoisotopic (exact) mass is 235 g/mol. The number of carbonyl (C=O) groups excluding carboxylic acids is 1. The van der Waals surface area contributed by atoms with Crippen molar-refractivity contribution < 1.29 is 4.79 Å². The molecule has 0 unspecified atom stereocenters. The minimum absolute atomic E-state index is 0.0168. The minimum atomic E-state index is 0.0168. The number of hydrogen-bond acceptors (Lipinski definition) is 1. The van der Waals surface area contributed by atoms with Crippen molar-refractivity contribution in [3.63, 3.8) is 0 Å². The highest BCUT2D eigenvalue weighted by atomic mass is 16.1. The van der Waals surface area contributed by atoms with E-state index in [1.807, 2.05) is 25.2 Å². The van der Waals surface area contributed by atoms with Crippen LogP contribution in [0.15, 0.2) is 36.5 Å². The third-order valence-electron chi connectivity index (χ3n) is 2.13. The topological polar surface area (TPSA) is 29.1 Å². The highest BCUT2D eigenvalue weighted by molar-refractivity contribution is 5.87. The first kappa shape index (κ1) is 15.7. The van der Waals surface area contributed by atoms with E-state index >= 15 is 0 Å². The van der Waals surface area contributed by atoms with E-state index in [0.29, 0.717) is 5.92 Å². The van der Waals surface area contributed by atoms with Crippen LogP contribution in [0.3, 0.4) is 0 Å². The van der Waals surface area contributed by atoms with Crippen molar-refractivity contribution in [2.75, 3.05) is 6.54 Å². The molecule has 0 fully saturated rings. The zero-order valence-electron chi connectivity index (χ0n) is 11.3. The Kier molecular flexibility index (Phi) is 10.3. The molecular formula is C15H25NO. The molecule has 0 aromatic heterocycles. The summed E-state index contributed by atoms with van der Waals surface area (Å²) in [6.07, 6.45) is 14.9.